The Labute approximate surface area is 126 Å². The fraction of sp³-hybridized carbons (Fsp3) is 0.625. The molecule has 0 bridgehead atoms. The molecule has 1 aromatic carbocycles. The lowest BCUT2D eigenvalue weighted by atomic mass is 9.83. The zero-order chi connectivity index (χ0) is 14.6. The zero-order valence-corrected chi connectivity index (χ0v) is 13.1. The third kappa shape index (κ3) is 4.03. The predicted molar refractivity (Wildman–Crippen MR) is 82.8 cm³/mol. The van der Waals surface area contributed by atoms with Crippen LogP contribution in [0.5, 0.6) is 11.5 Å². The first-order chi connectivity index (χ1) is 9.52. The van der Waals surface area contributed by atoms with E-state index in [1.54, 1.807) is 0 Å². The zero-order valence-electron chi connectivity index (χ0n) is 12.4. The van der Waals surface area contributed by atoms with Crippen LogP contribution in [-0.4, -0.2) is 19.8 Å². The van der Waals surface area contributed by atoms with E-state index in [-0.39, 0.29) is 5.41 Å². The fourth-order valence-corrected chi connectivity index (χ4v) is 2.65. The second kappa shape index (κ2) is 6.68. The Morgan fingerprint density at radius 3 is 2.45 bits per heavy atom. The highest BCUT2D eigenvalue weighted by atomic mass is 35.5. The van der Waals surface area contributed by atoms with Crippen molar-refractivity contribution < 1.29 is 9.47 Å². The summed E-state index contributed by atoms with van der Waals surface area (Å²) in [6.07, 6.45) is 3.92. The van der Waals surface area contributed by atoms with Crippen molar-refractivity contribution >= 4 is 11.6 Å². The number of ether oxygens (including phenoxy) is 2. The van der Waals surface area contributed by atoms with Crippen LogP contribution in [0.25, 0.3) is 0 Å². The molecule has 1 aliphatic heterocycles. The largest absolute Gasteiger partial charge is 0.490 e. The van der Waals surface area contributed by atoms with Crippen LogP contribution < -0.4 is 15.2 Å². The second-order valence-corrected chi connectivity index (χ2v) is 6.55. The van der Waals surface area contributed by atoms with Crippen molar-refractivity contribution in [3.63, 3.8) is 0 Å². The molecule has 0 radical (unpaired) electrons. The molecule has 0 saturated heterocycles. The Balaban J connectivity index is 2.10. The number of benzene rings is 1. The van der Waals surface area contributed by atoms with Gasteiger partial charge in [0.15, 0.2) is 11.5 Å². The molecular formula is C16H24ClNO2. The van der Waals surface area contributed by atoms with Crippen LogP contribution in [0, 0.1) is 5.41 Å². The van der Waals surface area contributed by atoms with Crippen molar-refractivity contribution in [1.82, 2.24) is 0 Å². The lowest BCUT2D eigenvalue weighted by molar-refractivity contribution is 0.296. The Bertz CT molecular complexity index is 460. The van der Waals surface area contributed by atoms with E-state index >= 15 is 0 Å². The molecule has 112 valence electrons. The maximum absolute atomic E-state index is 6.36. The van der Waals surface area contributed by atoms with Crippen molar-refractivity contribution in [2.45, 2.75) is 39.5 Å². The van der Waals surface area contributed by atoms with Crippen LogP contribution in [0.3, 0.4) is 0 Å². The quantitative estimate of drug-likeness (QED) is 0.899. The second-order valence-electron chi connectivity index (χ2n) is 6.14. The van der Waals surface area contributed by atoms with E-state index in [4.69, 9.17) is 26.8 Å². The normalized spacial score (nSPS) is 15.0. The van der Waals surface area contributed by atoms with Crippen LogP contribution in [0.1, 0.15) is 38.7 Å². The van der Waals surface area contributed by atoms with Gasteiger partial charge in [-0.25, -0.2) is 0 Å². The van der Waals surface area contributed by atoms with Gasteiger partial charge < -0.3 is 15.2 Å². The molecule has 2 N–H and O–H groups in total. The lowest BCUT2D eigenvalue weighted by Gasteiger charge is -2.24. The van der Waals surface area contributed by atoms with Crippen LogP contribution >= 0.6 is 11.6 Å². The van der Waals surface area contributed by atoms with E-state index in [1.165, 1.54) is 0 Å². The molecule has 0 aliphatic carbocycles. The van der Waals surface area contributed by atoms with Gasteiger partial charge in [-0.05, 0) is 42.9 Å². The number of halogens is 1. The molecule has 4 heteroatoms. The van der Waals surface area contributed by atoms with Gasteiger partial charge in [-0.15, -0.1) is 0 Å². The minimum absolute atomic E-state index is 0.238. The van der Waals surface area contributed by atoms with E-state index in [0.717, 1.165) is 54.3 Å². The Hall–Kier alpha value is -0.930. The highest BCUT2D eigenvalue weighted by molar-refractivity contribution is 6.31. The van der Waals surface area contributed by atoms with E-state index in [9.17, 15) is 0 Å². The smallest absolute Gasteiger partial charge is 0.162 e. The molecule has 0 spiro atoms. The average Bonchev–Trinajstić information content (AvgIpc) is 2.60. The lowest BCUT2D eigenvalue weighted by Crippen LogP contribution is -2.17. The van der Waals surface area contributed by atoms with Gasteiger partial charge in [0.1, 0.15) is 0 Å². The minimum atomic E-state index is 0.238. The summed E-state index contributed by atoms with van der Waals surface area (Å²) in [6.45, 7) is 6.61. The van der Waals surface area contributed by atoms with E-state index < -0.39 is 0 Å². The molecule has 0 saturated carbocycles. The van der Waals surface area contributed by atoms with Crippen molar-refractivity contribution in [2.75, 3.05) is 19.8 Å². The number of nitrogens with two attached hydrogens (primary N) is 1. The van der Waals surface area contributed by atoms with Gasteiger partial charge in [-0.3, -0.25) is 0 Å². The topological polar surface area (TPSA) is 44.5 Å². The number of aryl methyl sites for hydroxylation is 1. The molecular weight excluding hydrogens is 274 g/mol. The Kier molecular flexibility index (Phi) is 5.17. The number of rotatable bonds is 5. The van der Waals surface area contributed by atoms with Crippen molar-refractivity contribution in [3.05, 3.63) is 22.7 Å². The first kappa shape index (κ1) is 15.5. The van der Waals surface area contributed by atoms with Gasteiger partial charge in [0.25, 0.3) is 0 Å². The van der Waals surface area contributed by atoms with Gasteiger partial charge in [0, 0.05) is 17.5 Å². The first-order valence-electron chi connectivity index (χ1n) is 7.30. The molecule has 1 aliphatic rings. The Morgan fingerprint density at radius 2 is 1.80 bits per heavy atom. The van der Waals surface area contributed by atoms with E-state index in [2.05, 4.69) is 13.8 Å². The molecule has 0 atom stereocenters. The van der Waals surface area contributed by atoms with Crippen molar-refractivity contribution in [1.29, 1.82) is 0 Å². The third-order valence-electron chi connectivity index (χ3n) is 3.81. The summed E-state index contributed by atoms with van der Waals surface area (Å²) in [4.78, 5) is 0. The summed E-state index contributed by atoms with van der Waals surface area (Å²) in [5.41, 5.74) is 7.02. The SMILES string of the molecule is CC(C)(CCN)CCc1cc2c(cc1Cl)OCCCO2. The summed E-state index contributed by atoms with van der Waals surface area (Å²) < 4.78 is 11.4. The molecule has 0 aromatic heterocycles. The molecule has 0 amide bonds. The standard InChI is InChI=1S/C16H24ClNO2/c1-16(2,6-7-18)5-4-12-10-14-15(11-13(12)17)20-9-3-8-19-14/h10-11H,3-9,18H2,1-2H3. The highest BCUT2D eigenvalue weighted by Gasteiger charge is 2.19. The number of hydrogen-bond acceptors (Lipinski definition) is 3. The molecule has 2 rings (SSSR count). The highest BCUT2D eigenvalue weighted by Crippen LogP contribution is 2.37. The molecule has 0 fully saturated rings. The summed E-state index contributed by atoms with van der Waals surface area (Å²) >= 11 is 6.36. The molecule has 20 heavy (non-hydrogen) atoms. The summed E-state index contributed by atoms with van der Waals surface area (Å²) in [7, 11) is 0. The fourth-order valence-electron chi connectivity index (χ4n) is 2.41. The summed E-state index contributed by atoms with van der Waals surface area (Å²) in [5, 5.41) is 0.762. The third-order valence-corrected chi connectivity index (χ3v) is 4.16. The van der Waals surface area contributed by atoms with Crippen LogP contribution in [0.2, 0.25) is 5.02 Å². The molecule has 3 nitrogen and oxygen atoms in total. The van der Waals surface area contributed by atoms with Gasteiger partial charge in [0.2, 0.25) is 0 Å². The predicted octanol–water partition coefficient (Wildman–Crippen LogP) is 3.81. The maximum Gasteiger partial charge on any atom is 0.162 e. The monoisotopic (exact) mass is 297 g/mol. The van der Waals surface area contributed by atoms with Crippen LogP contribution in [-0.2, 0) is 6.42 Å². The Morgan fingerprint density at radius 1 is 1.15 bits per heavy atom. The van der Waals surface area contributed by atoms with E-state index in [0.29, 0.717) is 13.2 Å². The minimum Gasteiger partial charge on any atom is -0.490 e. The van der Waals surface area contributed by atoms with Crippen LogP contribution in [0.4, 0.5) is 0 Å². The molecule has 0 unspecified atom stereocenters. The maximum atomic E-state index is 6.36. The number of fused-ring (bicyclic) bond motifs is 1. The van der Waals surface area contributed by atoms with Gasteiger partial charge in [-0.1, -0.05) is 25.4 Å². The summed E-state index contributed by atoms with van der Waals surface area (Å²) in [5.74, 6) is 1.58. The number of hydrogen-bond donors (Lipinski definition) is 1. The van der Waals surface area contributed by atoms with Crippen LogP contribution in [0.15, 0.2) is 12.1 Å². The average molecular weight is 298 g/mol. The first-order valence-corrected chi connectivity index (χ1v) is 7.68. The molecule has 1 aromatic rings. The van der Waals surface area contributed by atoms with E-state index in [1.807, 2.05) is 12.1 Å². The van der Waals surface area contributed by atoms with Crippen molar-refractivity contribution in [2.24, 2.45) is 11.1 Å². The van der Waals surface area contributed by atoms with Gasteiger partial charge in [0.05, 0.1) is 13.2 Å². The molecule has 1 heterocycles. The van der Waals surface area contributed by atoms with Gasteiger partial charge >= 0.3 is 0 Å². The van der Waals surface area contributed by atoms with Crippen molar-refractivity contribution in [3.8, 4) is 11.5 Å². The van der Waals surface area contributed by atoms with Gasteiger partial charge in [-0.2, -0.15) is 0 Å². The summed E-state index contributed by atoms with van der Waals surface area (Å²) in [6, 6.07) is 3.91.